The van der Waals surface area contributed by atoms with E-state index in [1.165, 1.54) is 0 Å². The van der Waals surface area contributed by atoms with Crippen LogP contribution in [0, 0.1) is 6.20 Å². The summed E-state index contributed by atoms with van der Waals surface area (Å²) >= 11 is 5.12. The van der Waals surface area contributed by atoms with Gasteiger partial charge in [-0.2, -0.15) is 13.2 Å². The van der Waals surface area contributed by atoms with Gasteiger partial charge in [-0.1, -0.05) is 11.6 Å². The van der Waals surface area contributed by atoms with Gasteiger partial charge < -0.3 is 0 Å². The summed E-state index contributed by atoms with van der Waals surface area (Å²) in [6.45, 7) is 0. The molecule has 0 aliphatic heterocycles. The summed E-state index contributed by atoms with van der Waals surface area (Å²) in [5.74, 6) is 0. The molecule has 2 nitrogen and oxygen atoms in total. The Kier molecular flexibility index (Phi) is 1.99. The van der Waals surface area contributed by atoms with Crippen LogP contribution in [-0.2, 0) is 6.18 Å². The zero-order valence-electron chi connectivity index (χ0n) is 4.98. The van der Waals surface area contributed by atoms with Crippen LogP contribution >= 0.6 is 11.6 Å². The fourth-order valence-electron chi connectivity index (χ4n) is 0.443. The lowest BCUT2D eigenvalue weighted by molar-refractivity contribution is -0.141. The number of aromatic nitrogens is 2. The van der Waals surface area contributed by atoms with Crippen molar-refractivity contribution in [3.05, 3.63) is 23.2 Å². The lowest BCUT2D eigenvalue weighted by atomic mass is 10.4. The van der Waals surface area contributed by atoms with Crippen LogP contribution in [0.25, 0.3) is 0 Å². The second-order valence-corrected chi connectivity index (χ2v) is 2.01. The molecule has 1 aromatic rings. The van der Waals surface area contributed by atoms with Gasteiger partial charge in [0.2, 0.25) is 0 Å². The Labute approximate surface area is 65.0 Å². The zero-order chi connectivity index (χ0) is 8.48. The molecule has 0 amide bonds. The Morgan fingerprint density at radius 2 is 2.09 bits per heavy atom. The molecule has 0 aliphatic carbocycles. The second-order valence-electron chi connectivity index (χ2n) is 1.66. The summed E-state index contributed by atoms with van der Waals surface area (Å²) in [6.07, 6.45) is -1.88. The fraction of sp³-hybridized carbons (Fsp3) is 0.200. The highest BCUT2D eigenvalue weighted by atomic mass is 35.5. The predicted molar refractivity (Wildman–Crippen MR) is 30.9 cm³/mol. The van der Waals surface area contributed by atoms with Gasteiger partial charge >= 0.3 is 6.18 Å². The van der Waals surface area contributed by atoms with Gasteiger partial charge in [0.1, 0.15) is 6.20 Å². The zero-order valence-corrected chi connectivity index (χ0v) is 5.74. The minimum Gasteiger partial charge on any atom is -0.249 e. The number of hydrogen-bond acceptors (Lipinski definition) is 2. The van der Waals surface area contributed by atoms with Crippen molar-refractivity contribution >= 4 is 11.6 Å². The van der Waals surface area contributed by atoms with Crippen molar-refractivity contribution in [1.29, 1.82) is 0 Å². The molecule has 0 spiro atoms. The Morgan fingerprint density at radius 1 is 1.45 bits per heavy atom. The number of halogens is 4. The molecule has 0 aliphatic rings. The third kappa shape index (κ3) is 2.04. The molecule has 0 saturated heterocycles. The lowest BCUT2D eigenvalue weighted by Crippen LogP contribution is -2.08. The van der Waals surface area contributed by atoms with Crippen LogP contribution in [0.3, 0.4) is 0 Å². The van der Waals surface area contributed by atoms with Gasteiger partial charge in [0.05, 0.1) is 6.20 Å². The van der Waals surface area contributed by atoms with Crippen molar-refractivity contribution in [2.75, 3.05) is 0 Å². The highest BCUT2D eigenvalue weighted by Crippen LogP contribution is 2.27. The average Bonchev–Trinajstić information content (AvgIpc) is 1.86. The van der Waals surface area contributed by atoms with Crippen molar-refractivity contribution in [3.8, 4) is 0 Å². The Hall–Kier alpha value is -0.840. The van der Waals surface area contributed by atoms with Crippen molar-refractivity contribution in [3.63, 3.8) is 0 Å². The van der Waals surface area contributed by atoms with E-state index in [-0.39, 0.29) is 5.15 Å². The molecule has 0 bridgehead atoms. The minimum absolute atomic E-state index is 0.389. The summed E-state index contributed by atoms with van der Waals surface area (Å²) in [6, 6.07) is 0. The molecular weight excluding hydrogens is 181 g/mol. The van der Waals surface area contributed by atoms with Crippen molar-refractivity contribution in [2.24, 2.45) is 0 Å². The first-order valence-electron chi connectivity index (χ1n) is 2.47. The molecule has 1 rings (SSSR count). The maximum atomic E-state index is 11.8. The van der Waals surface area contributed by atoms with Crippen LogP contribution in [0.5, 0.6) is 0 Å². The van der Waals surface area contributed by atoms with E-state index in [1.807, 2.05) is 6.20 Å². The maximum absolute atomic E-state index is 11.8. The van der Waals surface area contributed by atoms with Gasteiger partial charge in [-0.15, -0.1) is 0 Å². The molecule has 0 unspecified atom stereocenters. The van der Waals surface area contributed by atoms with Gasteiger partial charge in [0.15, 0.2) is 10.8 Å². The standard InChI is InChI=1S/C5HClF3N2/c6-4-2-10-1-3(11-4)5(7,8)9/h1H. The van der Waals surface area contributed by atoms with E-state index in [2.05, 4.69) is 9.97 Å². The molecule has 1 heterocycles. The first kappa shape index (κ1) is 8.26. The van der Waals surface area contributed by atoms with Crippen LogP contribution in [-0.4, -0.2) is 9.97 Å². The monoisotopic (exact) mass is 181 g/mol. The van der Waals surface area contributed by atoms with Crippen molar-refractivity contribution < 1.29 is 13.2 Å². The summed E-state index contributed by atoms with van der Waals surface area (Å²) in [7, 11) is 0. The van der Waals surface area contributed by atoms with E-state index < -0.39 is 11.9 Å². The van der Waals surface area contributed by atoms with Gasteiger partial charge in [-0.05, 0) is 0 Å². The molecule has 11 heavy (non-hydrogen) atoms. The van der Waals surface area contributed by atoms with Gasteiger partial charge in [-0.3, -0.25) is 0 Å². The average molecular weight is 182 g/mol. The van der Waals surface area contributed by atoms with Gasteiger partial charge in [-0.25, -0.2) is 9.97 Å². The number of rotatable bonds is 0. The summed E-state index contributed by atoms with van der Waals surface area (Å²) < 4.78 is 35.4. The summed E-state index contributed by atoms with van der Waals surface area (Å²) in [5.41, 5.74) is -1.11. The van der Waals surface area contributed by atoms with Crippen LogP contribution in [0.1, 0.15) is 5.69 Å². The van der Waals surface area contributed by atoms with Crippen LogP contribution in [0.4, 0.5) is 13.2 Å². The van der Waals surface area contributed by atoms with Gasteiger partial charge in [0.25, 0.3) is 0 Å². The molecule has 0 fully saturated rings. The molecule has 1 aromatic heterocycles. The van der Waals surface area contributed by atoms with Crippen molar-refractivity contribution in [1.82, 2.24) is 9.97 Å². The third-order valence-corrected chi connectivity index (χ3v) is 1.02. The number of hydrogen-bond donors (Lipinski definition) is 0. The largest absolute Gasteiger partial charge is 0.434 e. The van der Waals surface area contributed by atoms with E-state index in [9.17, 15) is 13.2 Å². The Morgan fingerprint density at radius 3 is 2.45 bits per heavy atom. The first-order valence-corrected chi connectivity index (χ1v) is 2.85. The first-order chi connectivity index (χ1) is 5.00. The number of alkyl halides is 3. The molecule has 59 valence electrons. The second kappa shape index (κ2) is 2.65. The molecule has 1 radical (unpaired) electrons. The minimum atomic E-state index is -4.49. The van der Waals surface area contributed by atoms with E-state index >= 15 is 0 Å². The number of nitrogens with zero attached hydrogens (tertiary/aromatic N) is 2. The summed E-state index contributed by atoms with van der Waals surface area (Å²) in [4.78, 5) is 6.08. The van der Waals surface area contributed by atoms with Crippen LogP contribution in [0.2, 0.25) is 5.15 Å². The molecular formula is C5HClF3N2. The Bertz CT molecular complexity index is 260. The molecule has 0 N–H and O–H groups in total. The highest BCUT2D eigenvalue weighted by molar-refractivity contribution is 6.29. The Balaban J connectivity index is 3.06. The maximum Gasteiger partial charge on any atom is 0.434 e. The highest BCUT2D eigenvalue weighted by Gasteiger charge is 2.32. The SMILES string of the molecule is FC(F)(F)c1cn[c]c(Cl)n1. The topological polar surface area (TPSA) is 25.8 Å². The normalized spacial score (nSPS) is 11.6. The van der Waals surface area contributed by atoms with E-state index in [4.69, 9.17) is 11.6 Å². The molecule has 0 atom stereocenters. The van der Waals surface area contributed by atoms with E-state index in [1.54, 1.807) is 0 Å². The van der Waals surface area contributed by atoms with Crippen LogP contribution < -0.4 is 0 Å². The van der Waals surface area contributed by atoms with Crippen molar-refractivity contribution in [2.45, 2.75) is 6.18 Å². The molecule has 0 saturated carbocycles. The third-order valence-electron chi connectivity index (χ3n) is 0.853. The fourth-order valence-corrected chi connectivity index (χ4v) is 0.583. The van der Waals surface area contributed by atoms with Gasteiger partial charge in [0, 0.05) is 0 Å². The van der Waals surface area contributed by atoms with E-state index in [0.717, 1.165) is 0 Å². The molecule has 6 heteroatoms. The summed E-state index contributed by atoms with van der Waals surface area (Å²) in [5, 5.41) is -0.389. The van der Waals surface area contributed by atoms with Crippen LogP contribution in [0.15, 0.2) is 6.20 Å². The predicted octanol–water partition coefficient (Wildman–Crippen LogP) is 1.95. The smallest absolute Gasteiger partial charge is 0.249 e. The quantitative estimate of drug-likeness (QED) is 0.611. The molecule has 0 aromatic carbocycles. The lowest BCUT2D eigenvalue weighted by Gasteiger charge is -2.02. The van der Waals surface area contributed by atoms with E-state index in [0.29, 0.717) is 6.20 Å².